The molecule has 1 fully saturated rings. The van der Waals surface area contributed by atoms with Crippen LogP contribution >= 0.6 is 0 Å². The van der Waals surface area contributed by atoms with Crippen molar-refractivity contribution in [1.29, 1.82) is 0 Å². The first-order valence-corrected chi connectivity index (χ1v) is 4.59. The van der Waals surface area contributed by atoms with Crippen LogP contribution in [-0.2, 0) is 6.42 Å². The molecule has 0 saturated carbocycles. The van der Waals surface area contributed by atoms with Crippen LogP contribution in [0.4, 0.5) is 0 Å². The van der Waals surface area contributed by atoms with Crippen LogP contribution in [-0.4, -0.2) is 18.1 Å². The summed E-state index contributed by atoms with van der Waals surface area (Å²) in [5, 5.41) is 3.43. The van der Waals surface area contributed by atoms with Gasteiger partial charge in [-0.2, -0.15) is 0 Å². The highest BCUT2D eigenvalue weighted by Crippen LogP contribution is 2.38. The van der Waals surface area contributed by atoms with Gasteiger partial charge in [0.2, 0.25) is 0 Å². The zero-order valence-corrected chi connectivity index (χ0v) is 6.96. The second kappa shape index (κ2) is 2.30. The molecule has 0 amide bonds. The summed E-state index contributed by atoms with van der Waals surface area (Å²) in [6, 6.07) is 4.27. The Morgan fingerprint density at radius 3 is 3.42 bits per heavy atom. The highest BCUT2D eigenvalue weighted by molar-refractivity contribution is 5.32. The molecular weight excluding hydrogens is 148 g/mol. The van der Waals surface area contributed by atoms with Crippen LogP contribution < -0.4 is 5.32 Å². The molecule has 0 aromatic carbocycles. The van der Waals surface area contributed by atoms with E-state index >= 15 is 0 Å². The van der Waals surface area contributed by atoms with Crippen molar-refractivity contribution in [3.63, 3.8) is 0 Å². The molecule has 3 rings (SSSR count). The Morgan fingerprint density at radius 2 is 2.42 bits per heavy atom. The maximum Gasteiger partial charge on any atom is 0.0482 e. The van der Waals surface area contributed by atoms with Crippen LogP contribution in [0.2, 0.25) is 0 Å². The maximum atomic E-state index is 4.46. The number of rotatable bonds is 0. The fourth-order valence-electron chi connectivity index (χ4n) is 2.51. The summed E-state index contributed by atoms with van der Waals surface area (Å²) in [6.07, 6.45) is 3.15. The molecule has 1 aromatic heterocycles. The molecule has 1 aromatic rings. The van der Waals surface area contributed by atoms with E-state index in [2.05, 4.69) is 16.4 Å². The van der Waals surface area contributed by atoms with Crippen LogP contribution in [0.25, 0.3) is 0 Å². The first kappa shape index (κ1) is 6.61. The van der Waals surface area contributed by atoms with Crippen molar-refractivity contribution in [3.8, 4) is 0 Å². The van der Waals surface area contributed by atoms with Crippen molar-refractivity contribution in [3.05, 3.63) is 29.6 Å². The van der Waals surface area contributed by atoms with Crippen molar-refractivity contribution in [1.82, 2.24) is 10.3 Å². The minimum Gasteiger partial charge on any atom is -0.316 e. The summed E-state index contributed by atoms with van der Waals surface area (Å²) in [6.45, 7) is 2.32. The molecule has 0 radical (unpaired) electrons. The molecule has 2 atom stereocenters. The van der Waals surface area contributed by atoms with Gasteiger partial charge in [0.15, 0.2) is 0 Å². The van der Waals surface area contributed by atoms with Crippen molar-refractivity contribution in [2.75, 3.05) is 13.1 Å². The standard InChI is InChI=1S/C10H12N2/c1-2-7-4-8-5-11-6-9(8)10(7)12-3-1/h1-3,8-9,11H,4-6H2/t8-,9+/m0/s1. The largest absolute Gasteiger partial charge is 0.316 e. The predicted octanol–water partition coefficient (Wildman–Crippen LogP) is 0.941. The number of hydrogen-bond acceptors (Lipinski definition) is 2. The van der Waals surface area contributed by atoms with Gasteiger partial charge in [-0.25, -0.2) is 0 Å². The van der Waals surface area contributed by atoms with Crippen LogP contribution in [0.15, 0.2) is 18.3 Å². The summed E-state index contributed by atoms with van der Waals surface area (Å²) < 4.78 is 0. The van der Waals surface area contributed by atoms with Gasteiger partial charge in [0.25, 0.3) is 0 Å². The third-order valence-corrected chi connectivity index (χ3v) is 3.10. The number of nitrogens with zero attached hydrogens (tertiary/aromatic N) is 1. The summed E-state index contributed by atoms with van der Waals surface area (Å²) in [4.78, 5) is 4.46. The smallest absolute Gasteiger partial charge is 0.0482 e. The van der Waals surface area contributed by atoms with Crippen molar-refractivity contribution >= 4 is 0 Å². The quantitative estimate of drug-likeness (QED) is 0.611. The van der Waals surface area contributed by atoms with E-state index in [9.17, 15) is 0 Å². The number of aromatic nitrogens is 1. The molecule has 1 saturated heterocycles. The topological polar surface area (TPSA) is 24.9 Å². The van der Waals surface area contributed by atoms with E-state index in [1.54, 1.807) is 0 Å². The maximum absolute atomic E-state index is 4.46. The highest BCUT2D eigenvalue weighted by Gasteiger charge is 2.36. The van der Waals surface area contributed by atoms with E-state index in [4.69, 9.17) is 0 Å². The number of pyridine rings is 1. The van der Waals surface area contributed by atoms with Gasteiger partial charge in [0.1, 0.15) is 0 Å². The highest BCUT2D eigenvalue weighted by atomic mass is 14.9. The molecular formula is C10H12N2. The summed E-state index contributed by atoms with van der Waals surface area (Å²) in [5.41, 5.74) is 2.83. The third kappa shape index (κ3) is 0.758. The Hall–Kier alpha value is -0.890. The van der Waals surface area contributed by atoms with Crippen LogP contribution in [0, 0.1) is 5.92 Å². The van der Waals surface area contributed by atoms with Gasteiger partial charge in [-0.05, 0) is 30.5 Å². The first-order valence-electron chi connectivity index (χ1n) is 4.59. The van der Waals surface area contributed by atoms with Crippen molar-refractivity contribution in [2.24, 2.45) is 5.92 Å². The Labute approximate surface area is 72.0 Å². The van der Waals surface area contributed by atoms with Crippen LogP contribution in [0.3, 0.4) is 0 Å². The second-order valence-corrected chi connectivity index (χ2v) is 3.78. The molecule has 2 nitrogen and oxygen atoms in total. The lowest BCUT2D eigenvalue weighted by atomic mass is 9.99. The van der Waals surface area contributed by atoms with Gasteiger partial charge in [-0.1, -0.05) is 6.07 Å². The van der Waals surface area contributed by atoms with E-state index < -0.39 is 0 Å². The number of nitrogens with one attached hydrogen (secondary N) is 1. The zero-order chi connectivity index (χ0) is 7.97. The lowest BCUT2D eigenvalue weighted by Gasteiger charge is -2.05. The van der Waals surface area contributed by atoms with E-state index in [0.29, 0.717) is 5.92 Å². The summed E-state index contributed by atoms with van der Waals surface area (Å²) in [5.74, 6) is 1.54. The average molecular weight is 160 g/mol. The first-order chi connectivity index (χ1) is 5.95. The van der Waals surface area contributed by atoms with E-state index in [0.717, 1.165) is 12.5 Å². The molecule has 1 N–H and O–H groups in total. The molecule has 2 heteroatoms. The normalized spacial score (nSPS) is 31.7. The number of fused-ring (bicyclic) bond motifs is 3. The molecule has 0 spiro atoms. The van der Waals surface area contributed by atoms with Crippen LogP contribution in [0.1, 0.15) is 17.2 Å². The monoisotopic (exact) mass is 160 g/mol. The Kier molecular flexibility index (Phi) is 1.27. The fourth-order valence-corrected chi connectivity index (χ4v) is 2.51. The molecule has 2 heterocycles. The van der Waals surface area contributed by atoms with Gasteiger partial charge >= 0.3 is 0 Å². The van der Waals surface area contributed by atoms with Gasteiger partial charge in [0.05, 0.1) is 0 Å². The molecule has 0 bridgehead atoms. The van der Waals surface area contributed by atoms with Crippen molar-refractivity contribution in [2.45, 2.75) is 12.3 Å². The average Bonchev–Trinajstić information content (AvgIpc) is 2.62. The Morgan fingerprint density at radius 1 is 1.42 bits per heavy atom. The van der Waals surface area contributed by atoms with E-state index in [1.165, 1.54) is 24.2 Å². The molecule has 1 aliphatic heterocycles. The molecule has 2 aliphatic rings. The zero-order valence-electron chi connectivity index (χ0n) is 6.96. The molecule has 62 valence electrons. The minimum absolute atomic E-state index is 0.709. The lowest BCUT2D eigenvalue weighted by molar-refractivity contribution is 0.559. The van der Waals surface area contributed by atoms with Gasteiger partial charge < -0.3 is 5.32 Å². The van der Waals surface area contributed by atoms with Gasteiger partial charge in [-0.3, -0.25) is 4.98 Å². The second-order valence-electron chi connectivity index (χ2n) is 3.78. The summed E-state index contributed by atoms with van der Waals surface area (Å²) >= 11 is 0. The van der Waals surface area contributed by atoms with Gasteiger partial charge in [-0.15, -0.1) is 0 Å². The Balaban J connectivity index is 2.09. The number of hydrogen-bond donors (Lipinski definition) is 1. The SMILES string of the molecule is c1cnc2c(c1)C[C@H]1CNC[C@@H]21. The molecule has 1 aliphatic carbocycles. The van der Waals surface area contributed by atoms with Gasteiger partial charge in [0, 0.05) is 24.4 Å². The third-order valence-electron chi connectivity index (χ3n) is 3.10. The lowest BCUT2D eigenvalue weighted by Crippen LogP contribution is -2.10. The minimum atomic E-state index is 0.709. The molecule has 0 unspecified atom stereocenters. The van der Waals surface area contributed by atoms with E-state index in [1.807, 2.05) is 12.3 Å². The Bertz CT molecular complexity index is 308. The summed E-state index contributed by atoms with van der Waals surface area (Å²) in [7, 11) is 0. The van der Waals surface area contributed by atoms with E-state index in [-0.39, 0.29) is 0 Å². The fraction of sp³-hybridized carbons (Fsp3) is 0.500. The van der Waals surface area contributed by atoms with Crippen molar-refractivity contribution < 1.29 is 0 Å². The predicted molar refractivity (Wildman–Crippen MR) is 47.0 cm³/mol. The molecule has 12 heavy (non-hydrogen) atoms. The van der Waals surface area contributed by atoms with Crippen LogP contribution in [0.5, 0.6) is 0 Å².